The van der Waals surface area contributed by atoms with Gasteiger partial charge >= 0.3 is 5.97 Å². The van der Waals surface area contributed by atoms with Crippen molar-refractivity contribution in [3.8, 4) is 0 Å². The molecule has 5 heteroatoms. The minimum atomic E-state index is -0.836. The van der Waals surface area contributed by atoms with Crippen molar-refractivity contribution < 1.29 is 9.90 Å². The highest BCUT2D eigenvalue weighted by Gasteiger charge is 2.17. The van der Waals surface area contributed by atoms with Gasteiger partial charge in [0.1, 0.15) is 4.88 Å². The summed E-state index contributed by atoms with van der Waals surface area (Å²) in [6.07, 6.45) is 2.63. The largest absolute Gasteiger partial charge is 0.477 e. The van der Waals surface area contributed by atoms with Crippen LogP contribution in [0.2, 0.25) is 0 Å². The van der Waals surface area contributed by atoms with Crippen LogP contribution in [0.25, 0.3) is 0 Å². The summed E-state index contributed by atoms with van der Waals surface area (Å²) in [6.45, 7) is 6.39. The normalized spacial score (nSPS) is 18.1. The number of nitrogens with one attached hydrogen (secondary N) is 1. The predicted octanol–water partition coefficient (Wildman–Crippen LogP) is 2.02. The summed E-state index contributed by atoms with van der Waals surface area (Å²) < 4.78 is 0. The van der Waals surface area contributed by atoms with Crippen LogP contribution in [0.5, 0.6) is 0 Å². The molecule has 0 spiro atoms. The molecule has 0 saturated carbocycles. The molecule has 1 fully saturated rings. The summed E-state index contributed by atoms with van der Waals surface area (Å²) in [6, 6.07) is 4.13. The third-order valence-electron chi connectivity index (χ3n) is 3.38. The average Bonchev–Trinajstić information content (AvgIpc) is 3.00. The summed E-state index contributed by atoms with van der Waals surface area (Å²) in [5.74, 6) is -0.836. The summed E-state index contributed by atoms with van der Waals surface area (Å²) in [5.41, 5.74) is 0. The highest BCUT2D eigenvalue weighted by molar-refractivity contribution is 7.13. The number of aromatic carboxylic acids is 1. The van der Waals surface area contributed by atoms with E-state index in [1.54, 1.807) is 6.07 Å². The van der Waals surface area contributed by atoms with Crippen molar-refractivity contribution in [1.29, 1.82) is 0 Å². The number of carboxylic acid groups (broad SMARTS) is 1. The Bertz CT molecular complexity index is 399. The summed E-state index contributed by atoms with van der Waals surface area (Å²) in [5, 5.41) is 12.2. The molecule has 1 atom stereocenters. The lowest BCUT2D eigenvalue weighted by Crippen LogP contribution is -2.38. The Labute approximate surface area is 112 Å². The van der Waals surface area contributed by atoms with Crippen LogP contribution in [0.1, 0.15) is 34.3 Å². The van der Waals surface area contributed by atoms with Crippen LogP contribution >= 0.6 is 11.3 Å². The topological polar surface area (TPSA) is 52.6 Å². The molecule has 1 aliphatic rings. The Balaban J connectivity index is 1.72. The molecule has 100 valence electrons. The lowest BCUT2D eigenvalue weighted by atomic mass is 10.3. The predicted molar refractivity (Wildman–Crippen MR) is 73.3 cm³/mol. The third kappa shape index (κ3) is 3.54. The number of nitrogens with zero attached hydrogens (tertiary/aromatic N) is 1. The Morgan fingerprint density at radius 3 is 2.83 bits per heavy atom. The second kappa shape index (κ2) is 6.31. The first kappa shape index (κ1) is 13.5. The molecule has 1 aromatic rings. The molecule has 4 nitrogen and oxygen atoms in total. The fourth-order valence-electron chi connectivity index (χ4n) is 2.30. The molecule has 2 heterocycles. The molecule has 0 aromatic carbocycles. The number of rotatable bonds is 6. The summed E-state index contributed by atoms with van der Waals surface area (Å²) in [7, 11) is 0. The summed E-state index contributed by atoms with van der Waals surface area (Å²) >= 11 is 1.35. The van der Waals surface area contributed by atoms with Crippen molar-refractivity contribution in [3.63, 3.8) is 0 Å². The van der Waals surface area contributed by atoms with Crippen molar-refractivity contribution in [2.75, 3.05) is 19.6 Å². The second-order valence-electron chi connectivity index (χ2n) is 4.79. The highest BCUT2D eigenvalue weighted by atomic mass is 32.1. The zero-order valence-electron chi connectivity index (χ0n) is 10.7. The van der Waals surface area contributed by atoms with Gasteiger partial charge in [0, 0.05) is 24.0 Å². The zero-order valence-corrected chi connectivity index (χ0v) is 11.5. The summed E-state index contributed by atoms with van der Waals surface area (Å²) in [4.78, 5) is 14.8. The van der Waals surface area contributed by atoms with E-state index < -0.39 is 5.97 Å². The van der Waals surface area contributed by atoms with Gasteiger partial charge in [0.2, 0.25) is 0 Å². The molecule has 18 heavy (non-hydrogen) atoms. The lowest BCUT2D eigenvalue weighted by molar-refractivity contribution is 0.0702. The van der Waals surface area contributed by atoms with Gasteiger partial charge in [-0.1, -0.05) is 0 Å². The van der Waals surface area contributed by atoms with Gasteiger partial charge in [-0.05, 0) is 45.0 Å². The van der Waals surface area contributed by atoms with Crippen molar-refractivity contribution >= 4 is 17.3 Å². The van der Waals surface area contributed by atoms with E-state index >= 15 is 0 Å². The second-order valence-corrected chi connectivity index (χ2v) is 5.96. The first-order valence-electron chi connectivity index (χ1n) is 6.43. The SMILES string of the molecule is CC(CNCc1ccc(C(=O)O)s1)N1CCCC1. The Hall–Kier alpha value is -0.910. The average molecular weight is 268 g/mol. The number of carbonyl (C=O) groups is 1. The molecule has 1 unspecified atom stereocenters. The van der Waals surface area contributed by atoms with E-state index in [0.29, 0.717) is 10.9 Å². The van der Waals surface area contributed by atoms with E-state index in [9.17, 15) is 4.79 Å². The van der Waals surface area contributed by atoms with Gasteiger partial charge in [-0.2, -0.15) is 0 Å². The van der Waals surface area contributed by atoms with Crippen molar-refractivity contribution in [2.45, 2.75) is 32.4 Å². The lowest BCUT2D eigenvalue weighted by Gasteiger charge is -2.23. The van der Waals surface area contributed by atoms with E-state index in [0.717, 1.165) is 18.0 Å². The van der Waals surface area contributed by atoms with Crippen LogP contribution in [0, 0.1) is 0 Å². The molecule has 0 amide bonds. The van der Waals surface area contributed by atoms with Gasteiger partial charge in [-0.3, -0.25) is 4.90 Å². The van der Waals surface area contributed by atoms with Gasteiger partial charge < -0.3 is 10.4 Å². The van der Waals surface area contributed by atoms with Crippen LogP contribution in [-0.4, -0.2) is 41.7 Å². The molecule has 0 radical (unpaired) electrons. The highest BCUT2D eigenvalue weighted by Crippen LogP contribution is 2.16. The molecule has 1 aromatic heterocycles. The number of thiophene rings is 1. The molecule has 2 rings (SSSR count). The fraction of sp³-hybridized carbons (Fsp3) is 0.615. The molecular formula is C13H20N2O2S. The van der Waals surface area contributed by atoms with E-state index in [4.69, 9.17) is 5.11 Å². The minimum Gasteiger partial charge on any atom is -0.477 e. The first-order chi connectivity index (χ1) is 8.66. The van der Waals surface area contributed by atoms with E-state index in [-0.39, 0.29) is 0 Å². The third-order valence-corrected chi connectivity index (χ3v) is 4.45. The molecule has 0 bridgehead atoms. The standard InChI is InChI=1S/C13H20N2O2S/c1-10(15-6-2-3-7-15)8-14-9-11-4-5-12(18-11)13(16)17/h4-5,10,14H,2-3,6-9H2,1H3,(H,16,17). The molecule has 0 aliphatic carbocycles. The Morgan fingerprint density at radius 1 is 1.50 bits per heavy atom. The van der Waals surface area contributed by atoms with Gasteiger partial charge in [0.15, 0.2) is 0 Å². The molecule has 1 saturated heterocycles. The monoisotopic (exact) mass is 268 g/mol. The number of hydrogen-bond donors (Lipinski definition) is 2. The maximum absolute atomic E-state index is 10.8. The molecular weight excluding hydrogens is 248 g/mol. The van der Waals surface area contributed by atoms with E-state index in [1.807, 2.05) is 6.07 Å². The Morgan fingerprint density at radius 2 is 2.22 bits per heavy atom. The van der Waals surface area contributed by atoms with E-state index in [2.05, 4.69) is 17.1 Å². The first-order valence-corrected chi connectivity index (χ1v) is 7.25. The van der Waals surface area contributed by atoms with Crippen LogP contribution < -0.4 is 5.32 Å². The number of carboxylic acids is 1. The fourth-order valence-corrected chi connectivity index (χ4v) is 3.12. The molecule has 1 aliphatic heterocycles. The maximum Gasteiger partial charge on any atom is 0.345 e. The van der Waals surface area contributed by atoms with Crippen LogP contribution in [-0.2, 0) is 6.54 Å². The Kier molecular flexibility index (Phi) is 4.74. The quantitative estimate of drug-likeness (QED) is 0.829. The number of likely N-dealkylation sites (tertiary alicyclic amines) is 1. The van der Waals surface area contributed by atoms with Gasteiger partial charge in [0.25, 0.3) is 0 Å². The van der Waals surface area contributed by atoms with Crippen LogP contribution in [0.15, 0.2) is 12.1 Å². The van der Waals surface area contributed by atoms with Crippen molar-refractivity contribution in [3.05, 3.63) is 21.9 Å². The van der Waals surface area contributed by atoms with Gasteiger partial charge in [-0.25, -0.2) is 4.79 Å². The van der Waals surface area contributed by atoms with E-state index in [1.165, 1.54) is 37.3 Å². The smallest absolute Gasteiger partial charge is 0.345 e. The molecule has 2 N–H and O–H groups in total. The van der Waals surface area contributed by atoms with Crippen molar-refractivity contribution in [1.82, 2.24) is 10.2 Å². The maximum atomic E-state index is 10.8. The van der Waals surface area contributed by atoms with Crippen LogP contribution in [0.4, 0.5) is 0 Å². The van der Waals surface area contributed by atoms with Gasteiger partial charge in [-0.15, -0.1) is 11.3 Å². The van der Waals surface area contributed by atoms with Gasteiger partial charge in [0.05, 0.1) is 0 Å². The number of hydrogen-bond acceptors (Lipinski definition) is 4. The zero-order chi connectivity index (χ0) is 13.0. The van der Waals surface area contributed by atoms with Crippen LogP contribution in [0.3, 0.4) is 0 Å². The van der Waals surface area contributed by atoms with Crippen molar-refractivity contribution in [2.24, 2.45) is 0 Å². The minimum absolute atomic E-state index is 0.416.